The molecule has 2 aromatic heterocycles. The van der Waals surface area contributed by atoms with Crippen molar-refractivity contribution in [3.63, 3.8) is 0 Å². The van der Waals surface area contributed by atoms with Gasteiger partial charge in [0, 0.05) is 56.3 Å². The van der Waals surface area contributed by atoms with Gasteiger partial charge in [-0.25, -0.2) is 4.68 Å². The Morgan fingerprint density at radius 2 is 2.15 bits per heavy atom. The third-order valence-electron chi connectivity index (χ3n) is 4.96. The van der Waals surface area contributed by atoms with Gasteiger partial charge in [-0.2, -0.15) is 5.10 Å². The minimum Gasteiger partial charge on any atom is -0.354 e. The summed E-state index contributed by atoms with van der Waals surface area (Å²) >= 11 is 0. The number of hydrogen-bond acceptors (Lipinski definition) is 5. The van der Waals surface area contributed by atoms with Crippen LogP contribution in [0.5, 0.6) is 0 Å². The number of nitrogens with two attached hydrogens (primary N) is 1. The lowest BCUT2D eigenvalue weighted by atomic mass is 10.0. The van der Waals surface area contributed by atoms with Crippen LogP contribution < -0.4 is 11.1 Å². The van der Waals surface area contributed by atoms with Crippen molar-refractivity contribution < 1.29 is 4.79 Å². The van der Waals surface area contributed by atoms with Crippen LogP contribution in [0.15, 0.2) is 30.7 Å². The monoisotopic (exact) mass is 356 g/mol. The van der Waals surface area contributed by atoms with Crippen molar-refractivity contribution in [1.82, 2.24) is 25.0 Å². The number of amides is 1. The Labute approximate surface area is 154 Å². The summed E-state index contributed by atoms with van der Waals surface area (Å²) in [5, 5.41) is 7.67. The predicted molar refractivity (Wildman–Crippen MR) is 101 cm³/mol. The smallest absolute Gasteiger partial charge is 0.221 e. The Balaban J connectivity index is 1.66. The van der Waals surface area contributed by atoms with Crippen molar-refractivity contribution in [2.45, 2.75) is 45.2 Å². The fraction of sp³-hybridized carbons (Fsp3) is 0.526. The average molecular weight is 356 g/mol. The van der Waals surface area contributed by atoms with E-state index < -0.39 is 0 Å². The van der Waals surface area contributed by atoms with Crippen LogP contribution in [0.25, 0.3) is 5.69 Å². The summed E-state index contributed by atoms with van der Waals surface area (Å²) in [4.78, 5) is 18.3. The molecule has 0 aromatic carbocycles. The van der Waals surface area contributed by atoms with Gasteiger partial charge in [-0.3, -0.25) is 14.7 Å². The molecule has 1 amide bonds. The summed E-state index contributed by atoms with van der Waals surface area (Å²) in [5.74, 6) is 0.0414. The zero-order valence-electron chi connectivity index (χ0n) is 15.4. The van der Waals surface area contributed by atoms with E-state index in [1.807, 2.05) is 16.8 Å². The molecule has 0 aliphatic carbocycles. The molecular weight excluding hydrogens is 328 g/mol. The van der Waals surface area contributed by atoms with Crippen LogP contribution in [0.4, 0.5) is 0 Å². The molecular formula is C19H28N6O. The molecule has 2 aromatic rings. The molecule has 1 aliphatic heterocycles. The molecule has 1 aliphatic rings. The van der Waals surface area contributed by atoms with Crippen molar-refractivity contribution in [3.05, 3.63) is 42.0 Å². The lowest BCUT2D eigenvalue weighted by Crippen LogP contribution is -2.46. The highest BCUT2D eigenvalue weighted by molar-refractivity contribution is 5.76. The molecule has 1 atom stereocenters. The van der Waals surface area contributed by atoms with E-state index >= 15 is 0 Å². The van der Waals surface area contributed by atoms with Crippen molar-refractivity contribution >= 4 is 5.91 Å². The highest BCUT2D eigenvalue weighted by Gasteiger charge is 2.24. The molecule has 0 radical (unpaired) electrons. The molecule has 1 saturated heterocycles. The number of rotatable bonds is 7. The molecule has 7 heteroatoms. The van der Waals surface area contributed by atoms with Crippen LogP contribution in [0, 0.1) is 6.92 Å². The van der Waals surface area contributed by atoms with Gasteiger partial charge in [-0.05, 0) is 38.4 Å². The Morgan fingerprint density at radius 3 is 2.92 bits per heavy atom. The zero-order chi connectivity index (χ0) is 18.4. The second-order valence-electron chi connectivity index (χ2n) is 6.85. The Kier molecular flexibility index (Phi) is 6.35. The van der Waals surface area contributed by atoms with E-state index in [0.717, 1.165) is 30.9 Å². The van der Waals surface area contributed by atoms with E-state index in [4.69, 9.17) is 5.73 Å². The highest BCUT2D eigenvalue weighted by Crippen LogP contribution is 2.21. The highest BCUT2D eigenvalue weighted by atomic mass is 16.1. The minimum absolute atomic E-state index is 0.0414. The maximum atomic E-state index is 11.7. The summed E-state index contributed by atoms with van der Waals surface area (Å²) < 4.78 is 1.91. The van der Waals surface area contributed by atoms with E-state index in [1.165, 1.54) is 18.4 Å². The second kappa shape index (κ2) is 8.91. The Hall–Kier alpha value is -2.25. The normalized spacial score (nSPS) is 18.0. The van der Waals surface area contributed by atoms with Crippen molar-refractivity contribution in [2.75, 3.05) is 19.6 Å². The standard InChI is InChI=1S/C19H28N6O/c1-15-16(14-25(23-15)17-6-9-21-10-7-17)13-24-11-3-2-4-18(24)12-22-19(26)5-8-20/h6-7,9-10,14,18H,2-5,8,11-13,20H2,1H3,(H,22,26). The van der Waals surface area contributed by atoms with Crippen LogP contribution in [0.2, 0.25) is 0 Å². The van der Waals surface area contributed by atoms with Gasteiger partial charge in [-0.15, -0.1) is 0 Å². The van der Waals surface area contributed by atoms with Gasteiger partial charge in [0.1, 0.15) is 0 Å². The van der Waals surface area contributed by atoms with Crippen molar-refractivity contribution in [3.8, 4) is 5.69 Å². The number of carbonyl (C=O) groups excluding carboxylic acids is 1. The number of nitrogens with one attached hydrogen (secondary N) is 1. The first-order valence-electron chi connectivity index (χ1n) is 9.33. The zero-order valence-corrected chi connectivity index (χ0v) is 15.4. The first-order valence-corrected chi connectivity index (χ1v) is 9.33. The van der Waals surface area contributed by atoms with E-state index in [0.29, 0.717) is 25.6 Å². The molecule has 3 rings (SSSR count). The quantitative estimate of drug-likeness (QED) is 0.783. The molecule has 3 heterocycles. The minimum atomic E-state index is 0.0414. The van der Waals surface area contributed by atoms with Crippen LogP contribution in [0.3, 0.4) is 0 Å². The first-order chi connectivity index (χ1) is 12.7. The van der Waals surface area contributed by atoms with Crippen LogP contribution >= 0.6 is 0 Å². The molecule has 0 spiro atoms. The maximum Gasteiger partial charge on any atom is 0.221 e. The summed E-state index contributed by atoms with van der Waals surface area (Å²) in [5.41, 5.74) is 8.73. The first kappa shape index (κ1) is 18.5. The fourth-order valence-electron chi connectivity index (χ4n) is 3.45. The average Bonchev–Trinajstić information content (AvgIpc) is 3.03. The Bertz CT molecular complexity index is 714. The summed E-state index contributed by atoms with van der Waals surface area (Å²) in [7, 11) is 0. The Morgan fingerprint density at radius 1 is 1.35 bits per heavy atom. The van der Waals surface area contributed by atoms with Gasteiger partial charge < -0.3 is 11.1 Å². The summed E-state index contributed by atoms with van der Waals surface area (Å²) in [6.45, 7) is 5.05. The number of likely N-dealkylation sites (tertiary alicyclic amines) is 1. The van der Waals surface area contributed by atoms with Crippen LogP contribution in [0.1, 0.15) is 36.9 Å². The van der Waals surface area contributed by atoms with Crippen molar-refractivity contribution in [2.24, 2.45) is 5.73 Å². The van der Waals surface area contributed by atoms with E-state index in [1.54, 1.807) is 12.4 Å². The number of pyridine rings is 1. The topological polar surface area (TPSA) is 89.1 Å². The van der Waals surface area contributed by atoms with E-state index in [9.17, 15) is 4.79 Å². The van der Waals surface area contributed by atoms with Crippen LogP contribution in [-0.2, 0) is 11.3 Å². The molecule has 26 heavy (non-hydrogen) atoms. The van der Waals surface area contributed by atoms with Crippen molar-refractivity contribution in [1.29, 1.82) is 0 Å². The molecule has 140 valence electrons. The molecule has 0 bridgehead atoms. The van der Waals surface area contributed by atoms with Gasteiger partial charge in [-0.1, -0.05) is 6.42 Å². The molecule has 3 N–H and O–H groups in total. The molecule has 7 nitrogen and oxygen atoms in total. The predicted octanol–water partition coefficient (Wildman–Crippen LogP) is 1.40. The fourth-order valence-corrected chi connectivity index (χ4v) is 3.45. The lowest BCUT2D eigenvalue weighted by molar-refractivity contribution is -0.121. The van der Waals surface area contributed by atoms with Gasteiger partial charge >= 0.3 is 0 Å². The number of aromatic nitrogens is 3. The van der Waals surface area contributed by atoms with Gasteiger partial charge in [0.05, 0.1) is 11.4 Å². The molecule has 1 fully saturated rings. The molecule has 0 saturated carbocycles. The number of carbonyl (C=O) groups is 1. The third-order valence-corrected chi connectivity index (χ3v) is 4.96. The second-order valence-corrected chi connectivity index (χ2v) is 6.85. The maximum absolute atomic E-state index is 11.7. The largest absolute Gasteiger partial charge is 0.354 e. The van der Waals surface area contributed by atoms with Gasteiger partial charge in [0.15, 0.2) is 0 Å². The van der Waals surface area contributed by atoms with Gasteiger partial charge in [0.2, 0.25) is 5.91 Å². The lowest BCUT2D eigenvalue weighted by Gasteiger charge is -2.35. The van der Waals surface area contributed by atoms with Gasteiger partial charge in [0.25, 0.3) is 0 Å². The van der Waals surface area contributed by atoms with E-state index in [-0.39, 0.29) is 5.91 Å². The van der Waals surface area contributed by atoms with E-state index in [2.05, 4.69) is 33.4 Å². The SMILES string of the molecule is Cc1nn(-c2ccncc2)cc1CN1CCCCC1CNC(=O)CCN. The molecule has 1 unspecified atom stereocenters. The van der Waals surface area contributed by atoms with Crippen LogP contribution in [-0.4, -0.2) is 51.2 Å². The number of hydrogen-bond donors (Lipinski definition) is 2. The number of aryl methyl sites for hydroxylation is 1. The third kappa shape index (κ3) is 4.68. The number of nitrogens with zero attached hydrogens (tertiary/aromatic N) is 4. The summed E-state index contributed by atoms with van der Waals surface area (Å²) in [6.07, 6.45) is 9.57. The number of piperidine rings is 1. The summed E-state index contributed by atoms with van der Waals surface area (Å²) in [6, 6.07) is 4.27.